The van der Waals surface area contributed by atoms with Crippen molar-refractivity contribution in [2.24, 2.45) is 0 Å². The number of benzene rings is 2. The smallest absolute Gasteiger partial charge is 0.258 e. The Labute approximate surface area is 178 Å². The van der Waals surface area contributed by atoms with Gasteiger partial charge in [-0.05, 0) is 49.9 Å². The summed E-state index contributed by atoms with van der Waals surface area (Å²) >= 11 is 0. The molecule has 0 bridgehead atoms. The number of rotatable bonds is 5. The first kappa shape index (κ1) is 20.6. The van der Waals surface area contributed by atoms with Gasteiger partial charge in [0.1, 0.15) is 11.5 Å². The number of carbonyl (C=O) groups is 2. The van der Waals surface area contributed by atoms with Crippen molar-refractivity contribution in [1.29, 1.82) is 0 Å². The Kier molecular flexibility index (Phi) is 6.48. The van der Waals surface area contributed by atoms with Crippen molar-refractivity contribution >= 4 is 17.4 Å². The van der Waals surface area contributed by atoms with Crippen LogP contribution < -0.4 is 9.64 Å². The number of carbonyl (C=O) groups excluding carboxylic acids is 2. The number of amides is 1. The first-order valence-corrected chi connectivity index (χ1v) is 11.0. The fourth-order valence-corrected chi connectivity index (χ4v) is 4.78. The highest BCUT2D eigenvalue weighted by molar-refractivity contribution is 6.06. The van der Waals surface area contributed by atoms with Gasteiger partial charge >= 0.3 is 0 Å². The molecule has 1 atom stereocenters. The highest BCUT2D eigenvalue weighted by atomic mass is 16.5. The molecule has 1 aliphatic carbocycles. The molecule has 1 heterocycles. The molecule has 5 nitrogen and oxygen atoms in total. The summed E-state index contributed by atoms with van der Waals surface area (Å²) in [6.45, 7) is 1.70. The molecule has 30 heavy (non-hydrogen) atoms. The second-order valence-electron chi connectivity index (χ2n) is 8.24. The maximum absolute atomic E-state index is 13.5. The highest BCUT2D eigenvalue weighted by Crippen LogP contribution is 2.30. The zero-order valence-electron chi connectivity index (χ0n) is 17.6. The van der Waals surface area contributed by atoms with E-state index in [0.29, 0.717) is 17.8 Å². The van der Waals surface area contributed by atoms with Crippen LogP contribution in [0.2, 0.25) is 0 Å². The van der Waals surface area contributed by atoms with E-state index < -0.39 is 0 Å². The average molecular weight is 407 g/mol. The Morgan fingerprint density at radius 3 is 2.47 bits per heavy atom. The minimum absolute atomic E-state index is 0.0102. The van der Waals surface area contributed by atoms with Crippen LogP contribution in [0.3, 0.4) is 0 Å². The molecule has 1 saturated carbocycles. The van der Waals surface area contributed by atoms with Crippen molar-refractivity contribution in [3.63, 3.8) is 0 Å². The number of likely N-dealkylation sites (tertiary alicyclic amines) is 1. The molecular formula is C25H30N2O3. The average Bonchev–Trinajstić information content (AvgIpc) is 2.81. The van der Waals surface area contributed by atoms with Crippen molar-refractivity contribution in [2.75, 3.05) is 25.1 Å². The fraction of sp³-hybridized carbons (Fsp3) is 0.440. The van der Waals surface area contributed by atoms with E-state index >= 15 is 0 Å². The third-order valence-corrected chi connectivity index (χ3v) is 6.40. The first-order valence-electron chi connectivity index (χ1n) is 11.0. The highest BCUT2D eigenvalue weighted by Gasteiger charge is 2.34. The topological polar surface area (TPSA) is 49.9 Å². The van der Waals surface area contributed by atoms with Crippen LogP contribution in [0.4, 0.5) is 5.69 Å². The van der Waals surface area contributed by atoms with Crippen LogP contribution in [0, 0.1) is 0 Å². The minimum Gasteiger partial charge on any atom is -0.497 e. The number of anilines is 1. The van der Waals surface area contributed by atoms with Gasteiger partial charge in [0.15, 0.2) is 0 Å². The number of Topliss-reactive ketones (excluding diaryl/α,β-unsaturated/α-hetero) is 1. The van der Waals surface area contributed by atoms with Crippen LogP contribution in [0.5, 0.6) is 5.75 Å². The van der Waals surface area contributed by atoms with E-state index in [9.17, 15) is 9.59 Å². The molecular weight excluding hydrogens is 376 g/mol. The molecule has 0 N–H and O–H groups in total. The summed E-state index contributed by atoms with van der Waals surface area (Å²) in [5.74, 6) is 1.14. The molecule has 2 fully saturated rings. The number of ketones is 1. The van der Waals surface area contributed by atoms with Crippen molar-refractivity contribution in [1.82, 2.24) is 4.90 Å². The number of nitrogens with zero attached hydrogens (tertiary/aromatic N) is 2. The van der Waals surface area contributed by atoms with Gasteiger partial charge in [-0.2, -0.15) is 0 Å². The maximum atomic E-state index is 13.5. The van der Waals surface area contributed by atoms with Crippen LogP contribution in [0.1, 0.15) is 48.9 Å². The monoisotopic (exact) mass is 406 g/mol. The molecule has 0 aromatic heterocycles. The summed E-state index contributed by atoms with van der Waals surface area (Å²) in [6.07, 6.45) is 5.58. The molecule has 2 aliphatic rings. The van der Waals surface area contributed by atoms with E-state index in [1.54, 1.807) is 7.11 Å². The van der Waals surface area contributed by atoms with Crippen LogP contribution in [0.25, 0.3) is 0 Å². The predicted octanol–water partition coefficient (Wildman–Crippen LogP) is 4.32. The summed E-state index contributed by atoms with van der Waals surface area (Å²) in [6, 6.07) is 17.3. The van der Waals surface area contributed by atoms with Gasteiger partial charge in [-0.15, -0.1) is 0 Å². The zero-order valence-corrected chi connectivity index (χ0v) is 17.6. The zero-order chi connectivity index (χ0) is 20.9. The van der Waals surface area contributed by atoms with Crippen molar-refractivity contribution < 1.29 is 14.3 Å². The lowest BCUT2D eigenvalue weighted by molar-refractivity contribution is -0.126. The van der Waals surface area contributed by atoms with Gasteiger partial charge in [-0.1, -0.05) is 30.7 Å². The number of ether oxygens (including phenoxy) is 1. The van der Waals surface area contributed by atoms with Crippen LogP contribution in [0.15, 0.2) is 54.6 Å². The number of hydrogen-bond donors (Lipinski definition) is 0. The molecule has 1 aliphatic heterocycles. The Bertz CT molecular complexity index is 875. The SMILES string of the molecule is COc1cccc(N(C(=O)c2ccccc2)C2CCN(C3CCCCC3=O)CC2)c1. The Balaban J connectivity index is 1.55. The van der Waals surface area contributed by atoms with Gasteiger partial charge in [0.2, 0.25) is 0 Å². The molecule has 0 radical (unpaired) electrons. The Hall–Kier alpha value is -2.66. The molecule has 4 rings (SSSR count). The summed E-state index contributed by atoms with van der Waals surface area (Å²) in [7, 11) is 1.64. The van der Waals surface area contributed by atoms with Crippen molar-refractivity contribution in [3.8, 4) is 5.75 Å². The standard InChI is InChI=1S/C25H30N2O3/c1-30-22-11-7-10-21(18-22)27(25(29)19-8-3-2-4-9-19)20-14-16-26(17-15-20)23-12-5-6-13-24(23)28/h2-4,7-11,18,20,23H,5-6,12-17H2,1H3. The van der Waals surface area contributed by atoms with E-state index in [0.717, 1.165) is 56.6 Å². The maximum Gasteiger partial charge on any atom is 0.258 e. The van der Waals surface area contributed by atoms with E-state index in [-0.39, 0.29) is 18.0 Å². The van der Waals surface area contributed by atoms with Gasteiger partial charge in [0, 0.05) is 42.9 Å². The number of hydrogen-bond acceptors (Lipinski definition) is 4. The van der Waals surface area contributed by atoms with E-state index in [1.807, 2.05) is 59.5 Å². The van der Waals surface area contributed by atoms with E-state index in [1.165, 1.54) is 0 Å². The lowest BCUT2D eigenvalue weighted by Gasteiger charge is -2.42. The van der Waals surface area contributed by atoms with Crippen LogP contribution in [-0.2, 0) is 4.79 Å². The van der Waals surface area contributed by atoms with Gasteiger partial charge < -0.3 is 9.64 Å². The van der Waals surface area contributed by atoms with Crippen molar-refractivity contribution in [2.45, 2.75) is 50.6 Å². The third kappa shape index (κ3) is 4.41. The Morgan fingerprint density at radius 1 is 1.00 bits per heavy atom. The van der Waals surface area contributed by atoms with Gasteiger partial charge in [0.05, 0.1) is 13.2 Å². The summed E-state index contributed by atoms with van der Waals surface area (Å²) < 4.78 is 5.40. The molecule has 158 valence electrons. The summed E-state index contributed by atoms with van der Waals surface area (Å²) in [5, 5.41) is 0. The number of piperidine rings is 1. The van der Waals surface area contributed by atoms with Crippen LogP contribution >= 0.6 is 0 Å². The molecule has 2 aromatic carbocycles. The summed E-state index contributed by atoms with van der Waals surface area (Å²) in [4.78, 5) is 30.1. The third-order valence-electron chi connectivity index (χ3n) is 6.40. The quantitative estimate of drug-likeness (QED) is 0.742. The van der Waals surface area contributed by atoms with Crippen molar-refractivity contribution in [3.05, 3.63) is 60.2 Å². The number of methoxy groups -OCH3 is 1. The van der Waals surface area contributed by atoms with Gasteiger partial charge in [-0.25, -0.2) is 0 Å². The fourth-order valence-electron chi connectivity index (χ4n) is 4.78. The van der Waals surface area contributed by atoms with Crippen LogP contribution in [-0.4, -0.2) is 48.9 Å². The minimum atomic E-state index is 0.0102. The van der Waals surface area contributed by atoms with E-state index in [2.05, 4.69) is 4.90 Å². The first-order chi connectivity index (χ1) is 14.7. The molecule has 1 amide bonds. The Morgan fingerprint density at radius 2 is 1.77 bits per heavy atom. The lowest BCUT2D eigenvalue weighted by atomic mass is 9.90. The summed E-state index contributed by atoms with van der Waals surface area (Å²) in [5.41, 5.74) is 1.54. The second kappa shape index (κ2) is 9.43. The molecule has 1 unspecified atom stereocenters. The van der Waals surface area contributed by atoms with Gasteiger partial charge in [0.25, 0.3) is 5.91 Å². The second-order valence-corrected chi connectivity index (χ2v) is 8.24. The molecule has 2 aromatic rings. The lowest BCUT2D eigenvalue weighted by Crippen LogP contribution is -2.52. The molecule has 0 spiro atoms. The normalized spacial score (nSPS) is 20.7. The largest absolute Gasteiger partial charge is 0.497 e. The van der Waals surface area contributed by atoms with Gasteiger partial charge in [-0.3, -0.25) is 14.5 Å². The predicted molar refractivity (Wildman–Crippen MR) is 118 cm³/mol. The molecule has 1 saturated heterocycles. The van der Waals surface area contributed by atoms with E-state index in [4.69, 9.17) is 4.74 Å². The molecule has 5 heteroatoms.